The Morgan fingerprint density at radius 1 is 1.10 bits per heavy atom. The summed E-state index contributed by atoms with van der Waals surface area (Å²) in [5.74, 6) is -1.05. The van der Waals surface area contributed by atoms with E-state index in [1.54, 1.807) is 42.5 Å². The molecule has 3 N–H and O–H groups in total. The standard InChI is InChI=1S/C15H11Cl2NO2/c16-13-3-1-2-10(14(13)17)8-12(15(19)20)9-4-6-11(18)7-5-9/h1-8H,18H2,(H,19,20)/b12-8-. The van der Waals surface area contributed by atoms with Crippen LogP contribution in [-0.2, 0) is 4.79 Å². The van der Waals surface area contributed by atoms with Crippen molar-refractivity contribution < 1.29 is 9.90 Å². The number of aliphatic carboxylic acids is 1. The molecule has 0 aromatic heterocycles. The number of carboxylic acid groups (broad SMARTS) is 1. The van der Waals surface area contributed by atoms with Gasteiger partial charge >= 0.3 is 5.97 Å². The van der Waals surface area contributed by atoms with Crippen molar-refractivity contribution in [1.82, 2.24) is 0 Å². The van der Waals surface area contributed by atoms with Gasteiger partial charge in [-0.15, -0.1) is 0 Å². The van der Waals surface area contributed by atoms with Crippen molar-refractivity contribution in [1.29, 1.82) is 0 Å². The quantitative estimate of drug-likeness (QED) is 0.507. The number of nitrogens with two attached hydrogens (primary N) is 1. The van der Waals surface area contributed by atoms with E-state index in [9.17, 15) is 9.90 Å². The second-order valence-electron chi connectivity index (χ2n) is 4.13. The molecule has 0 fully saturated rings. The van der Waals surface area contributed by atoms with Crippen LogP contribution >= 0.6 is 23.2 Å². The average Bonchev–Trinajstić information content (AvgIpc) is 2.41. The second-order valence-corrected chi connectivity index (χ2v) is 4.91. The molecule has 2 aromatic rings. The van der Waals surface area contributed by atoms with Crippen molar-refractivity contribution in [2.45, 2.75) is 0 Å². The molecular weight excluding hydrogens is 297 g/mol. The van der Waals surface area contributed by atoms with Crippen molar-refractivity contribution in [3.05, 3.63) is 63.6 Å². The van der Waals surface area contributed by atoms with Crippen molar-refractivity contribution in [2.24, 2.45) is 0 Å². The van der Waals surface area contributed by atoms with Crippen LogP contribution in [0.25, 0.3) is 11.6 Å². The molecule has 0 amide bonds. The van der Waals surface area contributed by atoms with Gasteiger partial charge in [0.2, 0.25) is 0 Å². The van der Waals surface area contributed by atoms with Crippen LogP contribution in [0.15, 0.2) is 42.5 Å². The number of anilines is 1. The third kappa shape index (κ3) is 3.13. The normalized spacial score (nSPS) is 11.4. The summed E-state index contributed by atoms with van der Waals surface area (Å²) in [5.41, 5.74) is 7.38. The summed E-state index contributed by atoms with van der Waals surface area (Å²) >= 11 is 12.0. The van der Waals surface area contributed by atoms with Crippen molar-refractivity contribution in [2.75, 3.05) is 5.73 Å². The number of carboxylic acids is 1. The molecule has 0 heterocycles. The highest BCUT2D eigenvalue weighted by atomic mass is 35.5. The molecule has 0 spiro atoms. The van der Waals surface area contributed by atoms with Crippen LogP contribution in [0.3, 0.4) is 0 Å². The van der Waals surface area contributed by atoms with Crippen LogP contribution in [0.4, 0.5) is 5.69 Å². The Labute approximate surface area is 126 Å². The number of carbonyl (C=O) groups is 1. The molecule has 0 unspecified atom stereocenters. The first-order chi connectivity index (χ1) is 9.49. The zero-order valence-corrected chi connectivity index (χ0v) is 11.8. The van der Waals surface area contributed by atoms with E-state index in [0.717, 1.165) is 0 Å². The number of rotatable bonds is 3. The molecule has 0 radical (unpaired) electrons. The van der Waals surface area contributed by atoms with Gasteiger partial charge in [0.1, 0.15) is 0 Å². The third-order valence-corrected chi connectivity index (χ3v) is 3.57. The van der Waals surface area contributed by atoms with E-state index in [-0.39, 0.29) is 5.57 Å². The van der Waals surface area contributed by atoms with E-state index in [1.807, 2.05) is 0 Å². The lowest BCUT2D eigenvalue weighted by Crippen LogP contribution is -2.00. The van der Waals surface area contributed by atoms with E-state index >= 15 is 0 Å². The molecule has 0 saturated carbocycles. The zero-order chi connectivity index (χ0) is 14.7. The Morgan fingerprint density at radius 2 is 1.75 bits per heavy atom. The van der Waals surface area contributed by atoms with Gasteiger partial charge in [0.25, 0.3) is 0 Å². The Hall–Kier alpha value is -1.97. The summed E-state index contributed by atoms with van der Waals surface area (Å²) in [6.45, 7) is 0. The van der Waals surface area contributed by atoms with Gasteiger partial charge in [-0.25, -0.2) is 4.79 Å². The molecule has 2 aromatic carbocycles. The van der Waals surface area contributed by atoms with Crippen LogP contribution in [0.5, 0.6) is 0 Å². The fourth-order valence-corrected chi connectivity index (χ4v) is 2.08. The molecule has 0 atom stereocenters. The van der Waals surface area contributed by atoms with Crippen molar-refractivity contribution in [3.63, 3.8) is 0 Å². The van der Waals surface area contributed by atoms with Gasteiger partial charge in [-0.1, -0.05) is 47.5 Å². The highest BCUT2D eigenvalue weighted by molar-refractivity contribution is 6.43. The molecule has 20 heavy (non-hydrogen) atoms. The molecule has 0 aliphatic carbocycles. The summed E-state index contributed by atoms with van der Waals surface area (Å²) < 4.78 is 0. The third-order valence-electron chi connectivity index (χ3n) is 2.73. The van der Waals surface area contributed by atoms with Gasteiger partial charge in [-0.05, 0) is 35.4 Å². The van der Waals surface area contributed by atoms with Crippen LogP contribution in [0.2, 0.25) is 10.0 Å². The molecule has 3 nitrogen and oxygen atoms in total. The summed E-state index contributed by atoms with van der Waals surface area (Å²) in [6, 6.07) is 11.6. The predicted octanol–water partition coefficient (Wildman–Crippen LogP) is 4.20. The maximum absolute atomic E-state index is 11.4. The second kappa shape index (κ2) is 5.99. The lowest BCUT2D eigenvalue weighted by atomic mass is 10.0. The number of nitrogen functional groups attached to an aromatic ring is 1. The number of benzene rings is 2. The van der Waals surface area contributed by atoms with E-state index in [4.69, 9.17) is 28.9 Å². The van der Waals surface area contributed by atoms with Gasteiger partial charge in [-0.2, -0.15) is 0 Å². The minimum absolute atomic E-state index is 0.120. The fourth-order valence-electron chi connectivity index (χ4n) is 1.72. The Morgan fingerprint density at radius 3 is 2.35 bits per heavy atom. The minimum Gasteiger partial charge on any atom is -0.478 e. The summed E-state index contributed by atoms with van der Waals surface area (Å²) in [6.07, 6.45) is 1.49. The Kier molecular flexibility index (Phi) is 4.32. The molecule has 0 aliphatic heterocycles. The van der Waals surface area contributed by atoms with Crippen LogP contribution in [0, 0.1) is 0 Å². The van der Waals surface area contributed by atoms with Gasteiger partial charge in [0, 0.05) is 5.69 Å². The maximum Gasteiger partial charge on any atom is 0.336 e. The van der Waals surface area contributed by atoms with E-state index in [0.29, 0.717) is 26.9 Å². The molecular formula is C15H11Cl2NO2. The van der Waals surface area contributed by atoms with Crippen LogP contribution < -0.4 is 5.73 Å². The molecule has 0 saturated heterocycles. The highest BCUT2D eigenvalue weighted by Crippen LogP contribution is 2.29. The average molecular weight is 308 g/mol. The number of hydrogen-bond donors (Lipinski definition) is 2. The van der Waals surface area contributed by atoms with Gasteiger partial charge < -0.3 is 10.8 Å². The van der Waals surface area contributed by atoms with Crippen molar-refractivity contribution >= 4 is 46.5 Å². The van der Waals surface area contributed by atoms with Crippen LogP contribution in [0.1, 0.15) is 11.1 Å². The minimum atomic E-state index is -1.05. The topological polar surface area (TPSA) is 63.3 Å². The number of halogens is 2. The van der Waals surface area contributed by atoms with E-state index in [1.165, 1.54) is 6.08 Å². The molecule has 0 aliphatic rings. The molecule has 102 valence electrons. The van der Waals surface area contributed by atoms with E-state index < -0.39 is 5.97 Å². The van der Waals surface area contributed by atoms with E-state index in [2.05, 4.69) is 0 Å². The van der Waals surface area contributed by atoms with Gasteiger partial charge in [0.15, 0.2) is 0 Å². The van der Waals surface area contributed by atoms with Crippen molar-refractivity contribution in [3.8, 4) is 0 Å². The SMILES string of the molecule is Nc1ccc(/C(=C/c2cccc(Cl)c2Cl)C(=O)O)cc1. The number of hydrogen-bond acceptors (Lipinski definition) is 2. The first kappa shape index (κ1) is 14.4. The smallest absolute Gasteiger partial charge is 0.336 e. The first-order valence-electron chi connectivity index (χ1n) is 5.74. The highest BCUT2D eigenvalue weighted by Gasteiger charge is 2.12. The Bertz CT molecular complexity index is 679. The van der Waals surface area contributed by atoms with Gasteiger partial charge in [-0.3, -0.25) is 0 Å². The maximum atomic E-state index is 11.4. The monoisotopic (exact) mass is 307 g/mol. The molecule has 5 heteroatoms. The van der Waals surface area contributed by atoms with Gasteiger partial charge in [0.05, 0.1) is 15.6 Å². The zero-order valence-electron chi connectivity index (χ0n) is 10.3. The Balaban J connectivity index is 2.53. The first-order valence-corrected chi connectivity index (χ1v) is 6.49. The summed E-state index contributed by atoms with van der Waals surface area (Å²) in [4.78, 5) is 11.4. The summed E-state index contributed by atoms with van der Waals surface area (Å²) in [7, 11) is 0. The molecule has 0 bridgehead atoms. The summed E-state index contributed by atoms with van der Waals surface area (Å²) in [5, 5.41) is 10.0. The van der Waals surface area contributed by atoms with Crippen LogP contribution in [-0.4, -0.2) is 11.1 Å². The lowest BCUT2D eigenvalue weighted by molar-refractivity contribution is -0.130. The fraction of sp³-hybridized carbons (Fsp3) is 0. The largest absolute Gasteiger partial charge is 0.478 e. The predicted molar refractivity (Wildman–Crippen MR) is 82.8 cm³/mol. The lowest BCUT2D eigenvalue weighted by Gasteiger charge is -2.06. The molecule has 2 rings (SSSR count).